The third-order valence-electron chi connectivity index (χ3n) is 1.88. The Kier molecular flexibility index (Phi) is 2.83. The van der Waals surface area contributed by atoms with E-state index < -0.39 is 17.9 Å². The molecular weight excluding hydrogens is 226 g/mol. The highest BCUT2D eigenvalue weighted by Gasteiger charge is 2.20. The molecule has 80 valence electrons. The average molecular weight is 233 g/mol. The van der Waals surface area contributed by atoms with Gasteiger partial charge in [0.1, 0.15) is 11.6 Å². The minimum Gasteiger partial charge on any atom is -0.246 e. The van der Waals surface area contributed by atoms with Gasteiger partial charge in [0.15, 0.2) is 12.1 Å². The minimum atomic E-state index is -0.568. The van der Waals surface area contributed by atoms with E-state index >= 15 is 0 Å². The summed E-state index contributed by atoms with van der Waals surface area (Å²) in [6.45, 7) is 0. The quantitative estimate of drug-likeness (QED) is 0.789. The summed E-state index contributed by atoms with van der Waals surface area (Å²) in [6.07, 6.45) is -0.565. The lowest BCUT2D eigenvalue weighted by Gasteiger charge is -2.02. The topological polar surface area (TPSA) is 33.6 Å². The average Bonchev–Trinajstić information content (AvgIpc) is 2.70. The molecule has 1 atom stereocenters. The Bertz CT molecular complexity index is 411. The molecule has 1 aliphatic heterocycles. The van der Waals surface area contributed by atoms with Crippen LogP contribution in [-0.4, -0.2) is 17.9 Å². The molecule has 0 saturated heterocycles. The van der Waals surface area contributed by atoms with Crippen molar-refractivity contribution < 1.29 is 13.6 Å². The summed E-state index contributed by atoms with van der Waals surface area (Å²) in [7, 11) is 0. The van der Waals surface area contributed by atoms with Crippen LogP contribution < -0.4 is 5.48 Å². The molecule has 1 heterocycles. The third-order valence-corrected chi connectivity index (χ3v) is 2.14. The van der Waals surface area contributed by atoms with E-state index in [9.17, 15) is 8.78 Å². The summed E-state index contributed by atoms with van der Waals surface area (Å²) in [5.41, 5.74) is 2.43. The number of alkyl halides is 1. The lowest BCUT2D eigenvalue weighted by atomic mass is 10.2. The van der Waals surface area contributed by atoms with Gasteiger partial charge in [0.2, 0.25) is 0 Å². The zero-order valence-corrected chi connectivity index (χ0v) is 8.26. The van der Waals surface area contributed by atoms with Gasteiger partial charge in [-0.25, -0.2) is 24.1 Å². The van der Waals surface area contributed by atoms with E-state index in [4.69, 9.17) is 16.4 Å². The first kappa shape index (κ1) is 10.3. The van der Waals surface area contributed by atoms with Crippen molar-refractivity contribution >= 4 is 17.4 Å². The van der Waals surface area contributed by atoms with Crippen LogP contribution in [0.3, 0.4) is 0 Å². The Hall–Kier alpha value is -1.20. The maximum absolute atomic E-state index is 13.3. The second-order valence-electron chi connectivity index (χ2n) is 2.93. The van der Waals surface area contributed by atoms with Crippen LogP contribution in [-0.2, 0) is 4.84 Å². The van der Waals surface area contributed by atoms with Gasteiger partial charge in [-0.05, 0) is 18.2 Å². The van der Waals surface area contributed by atoms with Gasteiger partial charge in [-0.2, -0.15) is 0 Å². The van der Waals surface area contributed by atoms with Gasteiger partial charge in [0.05, 0.1) is 11.4 Å². The minimum absolute atomic E-state index is 0.0302. The second-order valence-corrected chi connectivity index (χ2v) is 3.24. The van der Waals surface area contributed by atoms with Crippen molar-refractivity contribution in [1.29, 1.82) is 0 Å². The summed E-state index contributed by atoms with van der Waals surface area (Å²) in [6, 6.07) is 3.11. The molecule has 0 saturated carbocycles. The lowest BCUT2D eigenvalue weighted by molar-refractivity contribution is 0.0524. The van der Waals surface area contributed by atoms with Crippen LogP contribution in [0, 0.1) is 11.6 Å². The molecule has 1 unspecified atom stereocenters. The van der Waals surface area contributed by atoms with Gasteiger partial charge < -0.3 is 0 Å². The summed E-state index contributed by atoms with van der Waals surface area (Å²) < 4.78 is 26.1. The van der Waals surface area contributed by atoms with Gasteiger partial charge >= 0.3 is 0 Å². The molecule has 1 aromatic rings. The Balaban J connectivity index is 2.34. The van der Waals surface area contributed by atoms with Crippen LogP contribution >= 0.6 is 11.6 Å². The zero-order valence-electron chi connectivity index (χ0n) is 7.51. The number of benzene rings is 1. The van der Waals surface area contributed by atoms with Gasteiger partial charge in [0, 0.05) is 0 Å². The molecule has 0 bridgehead atoms. The van der Waals surface area contributed by atoms with E-state index in [1.165, 1.54) is 0 Å². The third kappa shape index (κ3) is 2.08. The number of nitrogens with zero attached hydrogens (tertiary/aromatic N) is 1. The predicted molar refractivity (Wildman–Crippen MR) is 51.6 cm³/mol. The van der Waals surface area contributed by atoms with E-state index in [2.05, 4.69) is 10.5 Å². The molecule has 1 aliphatic rings. The standard InChI is InChI=1S/C9H7ClF2N2O/c10-4-8-13-9(14-15-8)6-3-5(11)1-2-7(6)12/h1-3,8H,4H2,(H,13,14). The second kappa shape index (κ2) is 4.12. The highest BCUT2D eigenvalue weighted by Crippen LogP contribution is 2.14. The normalized spacial score (nSPS) is 19.9. The first-order valence-corrected chi connectivity index (χ1v) is 4.75. The van der Waals surface area contributed by atoms with Gasteiger partial charge in [-0.1, -0.05) is 0 Å². The Morgan fingerprint density at radius 3 is 2.93 bits per heavy atom. The fourth-order valence-corrected chi connectivity index (χ4v) is 1.32. The molecule has 0 radical (unpaired) electrons. The van der Waals surface area contributed by atoms with E-state index in [1.807, 2.05) is 0 Å². The van der Waals surface area contributed by atoms with E-state index in [-0.39, 0.29) is 17.3 Å². The van der Waals surface area contributed by atoms with Crippen molar-refractivity contribution in [2.45, 2.75) is 6.23 Å². The number of hydrogen-bond donors (Lipinski definition) is 1. The smallest absolute Gasteiger partial charge is 0.190 e. The predicted octanol–water partition coefficient (Wildman–Crippen LogP) is 1.81. The van der Waals surface area contributed by atoms with Crippen LogP contribution in [0.25, 0.3) is 0 Å². The molecule has 2 rings (SSSR count). The monoisotopic (exact) mass is 232 g/mol. The molecule has 3 nitrogen and oxygen atoms in total. The molecule has 15 heavy (non-hydrogen) atoms. The summed E-state index contributed by atoms with van der Waals surface area (Å²) in [4.78, 5) is 8.81. The largest absolute Gasteiger partial charge is 0.246 e. The summed E-state index contributed by atoms with van der Waals surface area (Å²) in [5.74, 6) is -0.808. The highest BCUT2D eigenvalue weighted by molar-refractivity contribution is 6.18. The van der Waals surface area contributed by atoms with Crippen molar-refractivity contribution in [3.8, 4) is 0 Å². The number of amidine groups is 1. The fourth-order valence-electron chi connectivity index (χ4n) is 1.19. The SMILES string of the molecule is Fc1ccc(F)c(C2=NC(CCl)ON2)c1. The number of aliphatic imine (C=N–C) groups is 1. The van der Waals surface area contributed by atoms with Gasteiger partial charge in [0.25, 0.3) is 0 Å². The zero-order chi connectivity index (χ0) is 10.8. The number of rotatable bonds is 2. The van der Waals surface area contributed by atoms with E-state index in [0.29, 0.717) is 0 Å². The Morgan fingerprint density at radius 1 is 1.47 bits per heavy atom. The Labute approximate surface area is 89.7 Å². The molecular formula is C9H7ClF2N2O. The molecule has 0 amide bonds. The maximum atomic E-state index is 13.3. The van der Waals surface area contributed by atoms with E-state index in [1.54, 1.807) is 0 Å². The van der Waals surface area contributed by atoms with Gasteiger partial charge in [-0.15, -0.1) is 11.6 Å². The van der Waals surface area contributed by atoms with E-state index in [0.717, 1.165) is 18.2 Å². The number of hydrogen-bond acceptors (Lipinski definition) is 3. The highest BCUT2D eigenvalue weighted by atomic mass is 35.5. The summed E-state index contributed by atoms with van der Waals surface area (Å²) in [5, 5.41) is 0. The first-order chi connectivity index (χ1) is 7.20. The molecule has 0 spiro atoms. The number of hydroxylamine groups is 1. The van der Waals surface area contributed by atoms with Crippen molar-refractivity contribution in [3.63, 3.8) is 0 Å². The fraction of sp³-hybridized carbons (Fsp3) is 0.222. The molecule has 0 fully saturated rings. The van der Waals surface area contributed by atoms with Crippen LogP contribution in [0.15, 0.2) is 23.2 Å². The molecule has 6 heteroatoms. The molecule has 0 aliphatic carbocycles. The lowest BCUT2D eigenvalue weighted by Crippen LogP contribution is -2.20. The number of halogens is 3. The van der Waals surface area contributed by atoms with Crippen LogP contribution in [0.5, 0.6) is 0 Å². The van der Waals surface area contributed by atoms with Gasteiger partial charge in [-0.3, -0.25) is 0 Å². The van der Waals surface area contributed by atoms with Crippen LogP contribution in [0.4, 0.5) is 8.78 Å². The maximum Gasteiger partial charge on any atom is 0.190 e. The molecule has 1 N–H and O–H groups in total. The molecule has 1 aromatic carbocycles. The number of nitrogens with one attached hydrogen (secondary N) is 1. The first-order valence-electron chi connectivity index (χ1n) is 4.21. The molecule has 0 aromatic heterocycles. The van der Waals surface area contributed by atoms with Crippen molar-refractivity contribution in [2.24, 2.45) is 4.99 Å². The van der Waals surface area contributed by atoms with Crippen molar-refractivity contribution in [3.05, 3.63) is 35.4 Å². The Morgan fingerprint density at radius 2 is 2.27 bits per heavy atom. The van der Waals surface area contributed by atoms with Crippen LogP contribution in [0.2, 0.25) is 0 Å². The van der Waals surface area contributed by atoms with Crippen LogP contribution in [0.1, 0.15) is 5.56 Å². The summed E-state index contributed by atoms with van der Waals surface area (Å²) >= 11 is 5.49. The van der Waals surface area contributed by atoms with Crippen molar-refractivity contribution in [1.82, 2.24) is 5.48 Å². The van der Waals surface area contributed by atoms with Crippen molar-refractivity contribution in [2.75, 3.05) is 5.88 Å².